The lowest BCUT2D eigenvalue weighted by Gasteiger charge is -2.09. The van der Waals surface area contributed by atoms with Gasteiger partial charge in [0.05, 0.1) is 16.7 Å². The van der Waals surface area contributed by atoms with Crippen LogP contribution in [0.4, 0.5) is 5.69 Å². The quantitative estimate of drug-likeness (QED) is 0.292. The second-order valence-electron chi connectivity index (χ2n) is 6.57. The van der Waals surface area contributed by atoms with E-state index >= 15 is 0 Å². The number of nitrogens with zero attached hydrogens (tertiary/aromatic N) is 3. The number of ketones is 1. The molecule has 4 heteroatoms. The number of rotatable bonds is 3. The number of Topliss-reactive ketones (excluding diaryl/α,β-unsaturated/α-hetero) is 1. The maximum absolute atomic E-state index is 13.2. The molecule has 27 heavy (non-hydrogen) atoms. The number of carbonyl (C=O) groups excluding carboxylic acids is 1. The van der Waals surface area contributed by atoms with Crippen LogP contribution < -0.4 is 0 Å². The first-order chi connectivity index (χ1) is 13.1. The van der Waals surface area contributed by atoms with Crippen LogP contribution in [-0.4, -0.2) is 21.2 Å². The molecule has 4 aromatic rings. The molecule has 0 aliphatic heterocycles. The zero-order valence-corrected chi connectivity index (χ0v) is 15.3. The van der Waals surface area contributed by atoms with Crippen LogP contribution in [0.25, 0.3) is 11.0 Å². The lowest BCUT2D eigenvalue weighted by Crippen LogP contribution is -2.22. The molecule has 1 aromatic heterocycles. The van der Waals surface area contributed by atoms with E-state index in [1.54, 1.807) is 23.0 Å². The summed E-state index contributed by atoms with van der Waals surface area (Å²) in [7, 11) is 0. The van der Waals surface area contributed by atoms with Crippen LogP contribution in [0.3, 0.4) is 0 Å². The Morgan fingerprint density at radius 1 is 0.889 bits per heavy atom. The molecular weight excluding hydrogens is 334 g/mol. The first-order valence-corrected chi connectivity index (χ1v) is 8.81. The number of hydrogen-bond donors (Lipinski definition) is 0. The summed E-state index contributed by atoms with van der Waals surface area (Å²) in [6, 6.07) is 23.0. The predicted molar refractivity (Wildman–Crippen MR) is 109 cm³/mol. The van der Waals surface area contributed by atoms with E-state index in [0.29, 0.717) is 11.4 Å². The number of benzene rings is 3. The van der Waals surface area contributed by atoms with Crippen LogP contribution in [-0.2, 0) is 0 Å². The van der Waals surface area contributed by atoms with E-state index < -0.39 is 0 Å². The van der Waals surface area contributed by atoms with Gasteiger partial charge in [-0.25, -0.2) is 9.98 Å². The first-order valence-electron chi connectivity index (χ1n) is 8.81. The summed E-state index contributed by atoms with van der Waals surface area (Å²) in [5.41, 5.74) is 5.29. The fraction of sp³-hybridized carbons (Fsp3) is 0.0870. The summed E-state index contributed by atoms with van der Waals surface area (Å²) in [6.45, 7) is 4.05. The number of aryl methyl sites for hydroxylation is 2. The van der Waals surface area contributed by atoms with Crippen molar-refractivity contribution in [1.82, 2.24) is 9.55 Å². The second-order valence-corrected chi connectivity index (χ2v) is 6.57. The van der Waals surface area contributed by atoms with Crippen molar-refractivity contribution in [1.29, 1.82) is 0 Å². The minimum absolute atomic E-state index is 0.143. The minimum Gasteiger partial charge on any atom is -0.285 e. The fourth-order valence-corrected chi connectivity index (χ4v) is 2.97. The topological polar surface area (TPSA) is 47.2 Å². The van der Waals surface area contributed by atoms with Gasteiger partial charge in [0.15, 0.2) is 5.84 Å². The number of hydrogen-bond acceptors (Lipinski definition) is 3. The third kappa shape index (κ3) is 3.42. The minimum atomic E-state index is -0.143. The van der Waals surface area contributed by atoms with Crippen molar-refractivity contribution >= 4 is 28.3 Å². The Kier molecular flexibility index (Phi) is 4.38. The van der Waals surface area contributed by atoms with E-state index in [1.807, 2.05) is 74.5 Å². The third-order valence-corrected chi connectivity index (χ3v) is 4.44. The van der Waals surface area contributed by atoms with Crippen LogP contribution >= 0.6 is 0 Å². The number of carbonyl (C=O) groups is 1. The maximum Gasteiger partial charge on any atom is 0.228 e. The lowest BCUT2D eigenvalue weighted by molar-refractivity contribution is 0.106. The van der Waals surface area contributed by atoms with E-state index in [9.17, 15) is 4.79 Å². The predicted octanol–water partition coefficient (Wildman–Crippen LogP) is 5.11. The molecule has 0 saturated carbocycles. The molecule has 0 amide bonds. The zero-order valence-electron chi connectivity index (χ0n) is 15.3. The Balaban J connectivity index is 1.89. The van der Waals surface area contributed by atoms with Crippen molar-refractivity contribution in [3.05, 3.63) is 95.8 Å². The fourth-order valence-electron chi connectivity index (χ4n) is 2.97. The number of imidazole rings is 1. The number of aliphatic imine (C=N–C) groups is 1. The van der Waals surface area contributed by atoms with Crippen molar-refractivity contribution in [2.24, 2.45) is 4.99 Å². The van der Waals surface area contributed by atoms with Gasteiger partial charge in [-0.3, -0.25) is 9.36 Å². The summed E-state index contributed by atoms with van der Waals surface area (Å²) in [5, 5.41) is 0. The first kappa shape index (κ1) is 16.9. The Hall–Kier alpha value is -3.53. The van der Waals surface area contributed by atoms with E-state index in [4.69, 9.17) is 0 Å². The smallest absolute Gasteiger partial charge is 0.228 e. The Labute approximate surface area is 157 Å². The second kappa shape index (κ2) is 7.00. The molecule has 132 valence electrons. The molecule has 0 spiro atoms. The molecular formula is C23H19N3O. The summed E-state index contributed by atoms with van der Waals surface area (Å²) >= 11 is 0. The molecule has 0 bridgehead atoms. The largest absolute Gasteiger partial charge is 0.285 e. The van der Waals surface area contributed by atoms with Gasteiger partial charge in [0.25, 0.3) is 0 Å². The molecule has 4 nitrogen and oxygen atoms in total. The van der Waals surface area contributed by atoms with Crippen LogP contribution in [0.2, 0.25) is 0 Å². The summed E-state index contributed by atoms with van der Waals surface area (Å²) in [4.78, 5) is 22.4. The Morgan fingerprint density at radius 2 is 1.59 bits per heavy atom. The highest BCUT2D eigenvalue weighted by molar-refractivity contribution is 6.46. The number of fused-ring (bicyclic) bond motifs is 1. The molecule has 0 N–H and O–H groups in total. The summed E-state index contributed by atoms with van der Waals surface area (Å²) in [6.07, 6.45) is 1.66. The van der Waals surface area contributed by atoms with Crippen molar-refractivity contribution in [2.45, 2.75) is 13.8 Å². The van der Waals surface area contributed by atoms with E-state index in [1.165, 1.54) is 0 Å². The van der Waals surface area contributed by atoms with Crippen molar-refractivity contribution in [2.75, 3.05) is 0 Å². The van der Waals surface area contributed by atoms with E-state index in [2.05, 4.69) is 9.98 Å². The summed E-state index contributed by atoms with van der Waals surface area (Å²) in [5.74, 6) is 0.187. The third-order valence-electron chi connectivity index (χ3n) is 4.44. The SMILES string of the molecule is Cc1ccc(N=C(C(=O)c2ccccc2)n2cnc3cc(C)ccc32)cc1. The molecule has 4 rings (SSSR count). The molecule has 3 aromatic carbocycles. The molecule has 0 fully saturated rings. The van der Waals surface area contributed by atoms with E-state index in [-0.39, 0.29) is 5.78 Å². The average Bonchev–Trinajstić information content (AvgIpc) is 3.10. The average molecular weight is 353 g/mol. The van der Waals surface area contributed by atoms with Crippen LogP contribution in [0.1, 0.15) is 21.5 Å². The molecule has 0 saturated heterocycles. The monoisotopic (exact) mass is 353 g/mol. The van der Waals surface area contributed by atoms with Crippen molar-refractivity contribution in [3.63, 3.8) is 0 Å². The van der Waals surface area contributed by atoms with Gasteiger partial charge in [0.2, 0.25) is 5.78 Å². The highest BCUT2D eigenvalue weighted by Gasteiger charge is 2.18. The van der Waals surface area contributed by atoms with Crippen LogP contribution in [0, 0.1) is 13.8 Å². The normalized spacial score (nSPS) is 11.7. The molecule has 0 radical (unpaired) electrons. The van der Waals surface area contributed by atoms with Gasteiger partial charge in [-0.2, -0.15) is 0 Å². The molecule has 0 aliphatic carbocycles. The van der Waals surface area contributed by atoms with Gasteiger partial charge in [0.1, 0.15) is 6.33 Å². The van der Waals surface area contributed by atoms with Crippen LogP contribution in [0.15, 0.2) is 84.1 Å². The van der Waals surface area contributed by atoms with Gasteiger partial charge in [-0.1, -0.05) is 54.1 Å². The Morgan fingerprint density at radius 3 is 2.33 bits per heavy atom. The molecule has 1 heterocycles. The molecule has 0 aliphatic rings. The van der Waals surface area contributed by atoms with Gasteiger partial charge < -0.3 is 0 Å². The standard InChI is InChI=1S/C23H19N3O/c1-16-8-11-19(12-9-16)25-23(22(27)18-6-4-3-5-7-18)26-15-24-20-14-17(2)10-13-21(20)26/h3-15H,1-2H3. The molecule has 0 atom stereocenters. The van der Waals surface area contributed by atoms with Gasteiger partial charge in [-0.15, -0.1) is 0 Å². The Bertz CT molecular complexity index is 1140. The van der Waals surface area contributed by atoms with Gasteiger partial charge >= 0.3 is 0 Å². The zero-order chi connectivity index (χ0) is 18.8. The van der Waals surface area contributed by atoms with E-state index in [0.717, 1.165) is 27.8 Å². The summed E-state index contributed by atoms with van der Waals surface area (Å²) < 4.78 is 1.77. The lowest BCUT2D eigenvalue weighted by atomic mass is 10.1. The molecule has 0 unspecified atom stereocenters. The van der Waals surface area contributed by atoms with Gasteiger partial charge in [-0.05, 0) is 43.7 Å². The van der Waals surface area contributed by atoms with Gasteiger partial charge in [0, 0.05) is 5.56 Å². The highest BCUT2D eigenvalue weighted by atomic mass is 16.1. The highest BCUT2D eigenvalue weighted by Crippen LogP contribution is 2.19. The van der Waals surface area contributed by atoms with Crippen LogP contribution in [0.5, 0.6) is 0 Å². The van der Waals surface area contributed by atoms with Crippen molar-refractivity contribution in [3.8, 4) is 0 Å². The van der Waals surface area contributed by atoms with Crippen molar-refractivity contribution < 1.29 is 4.79 Å². The number of aromatic nitrogens is 2. The maximum atomic E-state index is 13.2.